The SMILES string of the molecule is CCOC(=O)CC(N)c1ccc(-c2cccc(OC)c2)s1. The van der Waals surface area contributed by atoms with Crippen molar-refractivity contribution in [2.45, 2.75) is 19.4 Å². The number of carbonyl (C=O) groups is 1. The summed E-state index contributed by atoms with van der Waals surface area (Å²) >= 11 is 1.59. The van der Waals surface area contributed by atoms with Crippen molar-refractivity contribution in [1.29, 1.82) is 0 Å². The molecule has 0 fully saturated rings. The monoisotopic (exact) mass is 305 g/mol. The summed E-state index contributed by atoms with van der Waals surface area (Å²) < 4.78 is 10.2. The van der Waals surface area contributed by atoms with Gasteiger partial charge in [0.2, 0.25) is 0 Å². The van der Waals surface area contributed by atoms with Crippen LogP contribution >= 0.6 is 11.3 Å². The van der Waals surface area contributed by atoms with Gasteiger partial charge in [0, 0.05) is 15.8 Å². The zero-order valence-corrected chi connectivity index (χ0v) is 13.0. The van der Waals surface area contributed by atoms with Crippen molar-refractivity contribution >= 4 is 17.3 Å². The van der Waals surface area contributed by atoms with Gasteiger partial charge in [-0.15, -0.1) is 11.3 Å². The number of ether oxygens (including phenoxy) is 2. The van der Waals surface area contributed by atoms with Crippen molar-refractivity contribution in [3.63, 3.8) is 0 Å². The van der Waals surface area contributed by atoms with Gasteiger partial charge >= 0.3 is 5.97 Å². The van der Waals surface area contributed by atoms with Gasteiger partial charge in [-0.05, 0) is 36.8 Å². The number of esters is 1. The predicted molar refractivity (Wildman–Crippen MR) is 84.5 cm³/mol. The molecule has 0 spiro atoms. The minimum atomic E-state index is -0.326. The minimum Gasteiger partial charge on any atom is -0.497 e. The van der Waals surface area contributed by atoms with E-state index in [1.54, 1.807) is 25.4 Å². The molecule has 2 aromatic rings. The van der Waals surface area contributed by atoms with Gasteiger partial charge in [0.1, 0.15) is 5.75 Å². The quantitative estimate of drug-likeness (QED) is 0.831. The van der Waals surface area contributed by atoms with E-state index in [1.165, 1.54) is 0 Å². The first-order chi connectivity index (χ1) is 10.1. The van der Waals surface area contributed by atoms with E-state index in [4.69, 9.17) is 15.2 Å². The molecule has 0 bridgehead atoms. The Kier molecular flexibility index (Phi) is 5.36. The lowest BCUT2D eigenvalue weighted by atomic mass is 10.1. The Bertz CT molecular complexity index is 609. The smallest absolute Gasteiger partial charge is 0.307 e. The highest BCUT2D eigenvalue weighted by Crippen LogP contribution is 2.33. The van der Waals surface area contributed by atoms with Crippen LogP contribution in [0.3, 0.4) is 0 Å². The van der Waals surface area contributed by atoms with Crippen molar-refractivity contribution in [2.75, 3.05) is 13.7 Å². The summed E-state index contributed by atoms with van der Waals surface area (Å²) in [6, 6.07) is 11.5. The molecular weight excluding hydrogens is 286 g/mol. The van der Waals surface area contributed by atoms with E-state index in [-0.39, 0.29) is 18.4 Å². The van der Waals surface area contributed by atoms with Crippen molar-refractivity contribution in [3.8, 4) is 16.2 Å². The van der Waals surface area contributed by atoms with E-state index >= 15 is 0 Å². The molecule has 2 rings (SSSR count). The van der Waals surface area contributed by atoms with E-state index < -0.39 is 0 Å². The molecule has 0 aliphatic carbocycles. The zero-order valence-electron chi connectivity index (χ0n) is 12.2. The summed E-state index contributed by atoms with van der Waals surface area (Å²) in [4.78, 5) is 13.5. The molecule has 1 atom stereocenters. The van der Waals surface area contributed by atoms with Crippen LogP contribution in [-0.4, -0.2) is 19.7 Å². The number of rotatable bonds is 6. The normalized spacial score (nSPS) is 12.0. The Labute approximate surface area is 128 Å². The molecular formula is C16H19NO3S. The first-order valence-electron chi connectivity index (χ1n) is 6.79. The Morgan fingerprint density at radius 2 is 2.14 bits per heavy atom. The third-order valence-electron chi connectivity index (χ3n) is 3.04. The van der Waals surface area contributed by atoms with Gasteiger partial charge in [0.05, 0.1) is 20.1 Å². The minimum absolute atomic E-state index is 0.200. The van der Waals surface area contributed by atoms with Crippen molar-refractivity contribution in [3.05, 3.63) is 41.3 Å². The van der Waals surface area contributed by atoms with Crippen LogP contribution in [0, 0.1) is 0 Å². The van der Waals surface area contributed by atoms with E-state index in [0.717, 1.165) is 21.1 Å². The molecule has 0 saturated heterocycles. The van der Waals surface area contributed by atoms with Gasteiger partial charge in [0.15, 0.2) is 0 Å². The number of methoxy groups -OCH3 is 1. The van der Waals surface area contributed by atoms with E-state index in [1.807, 2.05) is 36.4 Å². The largest absolute Gasteiger partial charge is 0.497 e. The van der Waals surface area contributed by atoms with Gasteiger partial charge < -0.3 is 15.2 Å². The molecule has 21 heavy (non-hydrogen) atoms. The van der Waals surface area contributed by atoms with Crippen LogP contribution in [0.15, 0.2) is 36.4 Å². The average molecular weight is 305 g/mol. The number of nitrogens with two attached hydrogens (primary N) is 1. The fourth-order valence-electron chi connectivity index (χ4n) is 1.98. The molecule has 112 valence electrons. The maximum Gasteiger partial charge on any atom is 0.307 e. The molecule has 2 N–H and O–H groups in total. The summed E-state index contributed by atoms with van der Waals surface area (Å²) in [6.45, 7) is 2.17. The molecule has 0 amide bonds. The van der Waals surface area contributed by atoms with Gasteiger partial charge in [-0.3, -0.25) is 4.79 Å². The highest BCUT2D eigenvalue weighted by atomic mass is 32.1. The van der Waals surface area contributed by atoms with E-state index in [0.29, 0.717) is 6.61 Å². The molecule has 1 aromatic carbocycles. The number of hydrogen-bond acceptors (Lipinski definition) is 5. The fraction of sp³-hybridized carbons (Fsp3) is 0.312. The zero-order chi connectivity index (χ0) is 15.2. The van der Waals surface area contributed by atoms with Crippen LogP contribution in [0.25, 0.3) is 10.4 Å². The Hall–Kier alpha value is -1.85. The average Bonchev–Trinajstić information content (AvgIpc) is 2.97. The molecule has 0 aliphatic rings. The van der Waals surface area contributed by atoms with Gasteiger partial charge in [-0.25, -0.2) is 0 Å². The van der Waals surface area contributed by atoms with Gasteiger partial charge in [-0.2, -0.15) is 0 Å². The highest BCUT2D eigenvalue weighted by Gasteiger charge is 2.15. The summed E-state index contributed by atoms with van der Waals surface area (Å²) in [5.41, 5.74) is 7.14. The highest BCUT2D eigenvalue weighted by molar-refractivity contribution is 7.15. The number of carbonyl (C=O) groups excluding carboxylic acids is 1. The molecule has 1 unspecified atom stereocenters. The molecule has 4 nitrogen and oxygen atoms in total. The second kappa shape index (κ2) is 7.24. The van der Waals surface area contributed by atoms with Crippen molar-refractivity contribution in [2.24, 2.45) is 5.73 Å². The van der Waals surface area contributed by atoms with Crippen LogP contribution < -0.4 is 10.5 Å². The first-order valence-corrected chi connectivity index (χ1v) is 7.61. The molecule has 0 saturated carbocycles. The molecule has 0 aliphatic heterocycles. The van der Waals surface area contributed by atoms with Crippen LogP contribution in [0.2, 0.25) is 0 Å². The van der Waals surface area contributed by atoms with Gasteiger partial charge in [-0.1, -0.05) is 12.1 Å². The summed E-state index contributed by atoms with van der Waals surface area (Å²) in [5, 5.41) is 0. The Balaban J connectivity index is 2.11. The lowest BCUT2D eigenvalue weighted by molar-refractivity contribution is -0.143. The van der Waals surface area contributed by atoms with Crippen LogP contribution in [0.5, 0.6) is 5.75 Å². The van der Waals surface area contributed by atoms with Crippen LogP contribution in [-0.2, 0) is 9.53 Å². The standard InChI is InChI=1S/C16H19NO3S/c1-3-20-16(18)10-13(17)15-8-7-14(21-15)11-5-4-6-12(9-11)19-2/h4-9,13H,3,10,17H2,1-2H3. The first kappa shape index (κ1) is 15.5. The predicted octanol–water partition coefficient (Wildman–Crippen LogP) is 3.38. The third-order valence-corrected chi connectivity index (χ3v) is 4.30. The summed E-state index contributed by atoms with van der Waals surface area (Å²) in [7, 11) is 1.65. The maximum atomic E-state index is 11.5. The summed E-state index contributed by atoms with van der Waals surface area (Å²) in [6.07, 6.45) is 0.200. The topological polar surface area (TPSA) is 61.5 Å². The lowest BCUT2D eigenvalue weighted by Crippen LogP contribution is -2.16. The van der Waals surface area contributed by atoms with E-state index in [9.17, 15) is 4.79 Å². The second-order valence-electron chi connectivity index (χ2n) is 4.55. The Morgan fingerprint density at radius 1 is 1.33 bits per heavy atom. The fourth-order valence-corrected chi connectivity index (χ4v) is 2.99. The molecule has 1 aromatic heterocycles. The third kappa shape index (κ3) is 4.06. The maximum absolute atomic E-state index is 11.5. The summed E-state index contributed by atoms with van der Waals surface area (Å²) in [5.74, 6) is 0.555. The van der Waals surface area contributed by atoms with Crippen LogP contribution in [0.4, 0.5) is 0 Å². The second-order valence-corrected chi connectivity index (χ2v) is 5.66. The molecule has 0 radical (unpaired) electrons. The number of hydrogen-bond donors (Lipinski definition) is 1. The van der Waals surface area contributed by atoms with Crippen molar-refractivity contribution in [1.82, 2.24) is 0 Å². The molecule has 1 heterocycles. The van der Waals surface area contributed by atoms with Crippen LogP contribution in [0.1, 0.15) is 24.3 Å². The molecule has 5 heteroatoms. The lowest BCUT2D eigenvalue weighted by Gasteiger charge is -2.08. The van der Waals surface area contributed by atoms with Crippen molar-refractivity contribution < 1.29 is 14.3 Å². The number of benzene rings is 1. The van der Waals surface area contributed by atoms with E-state index in [2.05, 4.69) is 0 Å². The van der Waals surface area contributed by atoms with Gasteiger partial charge in [0.25, 0.3) is 0 Å². The number of thiophene rings is 1. The Morgan fingerprint density at radius 3 is 2.86 bits per heavy atom.